The molecule has 0 spiro atoms. The van der Waals surface area contributed by atoms with Crippen LogP contribution < -0.4 is 5.32 Å². The lowest BCUT2D eigenvalue weighted by Crippen LogP contribution is -2.72. The van der Waals surface area contributed by atoms with Crippen LogP contribution in [0.3, 0.4) is 0 Å². The van der Waals surface area contributed by atoms with Gasteiger partial charge in [0.1, 0.15) is 18.3 Å². The van der Waals surface area contributed by atoms with Crippen molar-refractivity contribution in [2.24, 2.45) is 0 Å². The Morgan fingerprint density at radius 3 is 2.29 bits per heavy atom. The van der Waals surface area contributed by atoms with Gasteiger partial charge in [-0.15, -0.1) is 0 Å². The van der Waals surface area contributed by atoms with Crippen LogP contribution in [0.5, 0.6) is 0 Å². The molecule has 11 nitrogen and oxygen atoms in total. The molecule has 2 N–H and O–H groups in total. The van der Waals surface area contributed by atoms with Crippen molar-refractivity contribution in [3.05, 3.63) is 87.1 Å². The van der Waals surface area contributed by atoms with Crippen LogP contribution >= 0.6 is 0 Å². The average molecular weight is 502 g/mol. The van der Waals surface area contributed by atoms with Gasteiger partial charge in [-0.2, -0.15) is 0 Å². The minimum atomic E-state index is -2.58. The van der Waals surface area contributed by atoms with Crippen LogP contribution in [0.4, 0.5) is 5.69 Å². The molecule has 0 aromatic heterocycles. The number of nitro groups is 1. The van der Waals surface area contributed by atoms with E-state index in [0.29, 0.717) is 16.7 Å². The highest BCUT2D eigenvalue weighted by Gasteiger charge is 2.55. The summed E-state index contributed by atoms with van der Waals surface area (Å²) in [6, 6.07) is 12.9. The molecule has 1 heterocycles. The van der Waals surface area contributed by atoms with Crippen molar-refractivity contribution in [1.82, 2.24) is 10.2 Å². The van der Waals surface area contributed by atoms with Gasteiger partial charge in [0.2, 0.25) is 5.91 Å². The van der Waals surface area contributed by atoms with Crippen molar-refractivity contribution in [3.63, 3.8) is 0 Å². The molecule has 184 valence electrons. The van der Waals surface area contributed by atoms with Crippen LogP contribution in [0.1, 0.15) is 25.0 Å². The second-order valence-corrected chi connectivity index (χ2v) is 8.97. The van der Waals surface area contributed by atoms with E-state index in [1.807, 2.05) is 0 Å². The summed E-state index contributed by atoms with van der Waals surface area (Å²) in [5.74, 6) is -2.15. The van der Waals surface area contributed by atoms with Gasteiger partial charge in [0, 0.05) is 12.1 Å². The quantitative estimate of drug-likeness (QED) is 0.132. The van der Waals surface area contributed by atoms with E-state index in [-0.39, 0.29) is 24.4 Å². The summed E-state index contributed by atoms with van der Waals surface area (Å²) >= 11 is -2.58. The SMILES string of the molecule is CC(C)=C(C(=O)OCc1ccc([N+](=O)[O-])cc1)N1C(=O)[C@H](NC(=O)Cc2ccccc2)[C@H]1S(=O)O. The van der Waals surface area contributed by atoms with Gasteiger partial charge in [-0.1, -0.05) is 30.3 Å². The van der Waals surface area contributed by atoms with Crippen molar-refractivity contribution in [1.29, 1.82) is 0 Å². The number of amides is 2. The topological polar surface area (TPSA) is 156 Å². The van der Waals surface area contributed by atoms with Crippen LogP contribution in [-0.2, 0) is 43.2 Å². The van der Waals surface area contributed by atoms with E-state index in [9.17, 15) is 33.3 Å². The molecule has 2 aromatic carbocycles. The zero-order chi connectivity index (χ0) is 25.7. The Morgan fingerprint density at radius 1 is 1.11 bits per heavy atom. The van der Waals surface area contributed by atoms with Crippen molar-refractivity contribution >= 4 is 34.6 Å². The van der Waals surface area contributed by atoms with Gasteiger partial charge in [-0.25, -0.2) is 9.00 Å². The summed E-state index contributed by atoms with van der Waals surface area (Å²) in [6.45, 7) is 2.84. The molecule has 35 heavy (non-hydrogen) atoms. The molecule has 2 amide bonds. The second-order valence-electron chi connectivity index (χ2n) is 7.93. The molecule has 0 aliphatic carbocycles. The standard InChI is InChI=1S/C23H23N3O8S/c1-14(2)20(23(29)34-13-16-8-10-17(11-9-16)26(30)31)25-21(28)19(22(25)35(32)33)24-18(27)12-15-6-4-3-5-7-15/h3-11,19,22H,12-13H2,1-2H3,(H,24,27)(H,32,33)/t19-,22+/m0/s1. The van der Waals surface area contributed by atoms with Gasteiger partial charge >= 0.3 is 5.97 Å². The summed E-state index contributed by atoms with van der Waals surface area (Å²) in [4.78, 5) is 49.1. The van der Waals surface area contributed by atoms with Gasteiger partial charge in [0.25, 0.3) is 11.6 Å². The number of benzene rings is 2. The highest BCUT2D eigenvalue weighted by Crippen LogP contribution is 2.30. The summed E-state index contributed by atoms with van der Waals surface area (Å²) in [7, 11) is 0. The van der Waals surface area contributed by atoms with Crippen molar-refractivity contribution in [3.8, 4) is 0 Å². The third kappa shape index (κ3) is 5.97. The molecule has 3 atom stereocenters. The first-order valence-corrected chi connectivity index (χ1v) is 11.6. The molecule has 0 radical (unpaired) electrons. The van der Waals surface area contributed by atoms with Crippen molar-refractivity contribution < 1.29 is 32.8 Å². The number of nitrogens with zero attached hydrogens (tertiary/aromatic N) is 2. The van der Waals surface area contributed by atoms with Crippen LogP contribution in [-0.4, -0.2) is 47.8 Å². The van der Waals surface area contributed by atoms with Crippen LogP contribution in [0, 0.1) is 10.1 Å². The summed E-state index contributed by atoms with van der Waals surface area (Å²) < 4.78 is 27.1. The Morgan fingerprint density at radius 2 is 1.74 bits per heavy atom. The van der Waals surface area contributed by atoms with Crippen LogP contribution in [0.15, 0.2) is 65.9 Å². The lowest BCUT2D eigenvalue weighted by molar-refractivity contribution is -0.384. The number of nitrogens with one attached hydrogen (secondary N) is 1. The number of rotatable bonds is 9. The fourth-order valence-electron chi connectivity index (χ4n) is 3.52. The van der Waals surface area contributed by atoms with E-state index >= 15 is 0 Å². The van der Waals surface area contributed by atoms with Crippen molar-refractivity contribution in [2.45, 2.75) is 38.3 Å². The fraction of sp³-hybridized carbons (Fsp3) is 0.261. The van der Waals surface area contributed by atoms with Gasteiger partial charge in [-0.05, 0) is 42.7 Å². The Hall–Kier alpha value is -3.90. The highest BCUT2D eigenvalue weighted by molar-refractivity contribution is 7.80. The Bertz CT molecular complexity index is 1190. The first-order valence-electron chi connectivity index (χ1n) is 10.4. The zero-order valence-electron chi connectivity index (χ0n) is 18.9. The number of carbonyl (C=O) groups is 3. The third-order valence-corrected chi connectivity index (χ3v) is 6.09. The van der Waals surface area contributed by atoms with E-state index in [2.05, 4.69) is 5.32 Å². The molecular weight excluding hydrogens is 478 g/mol. The minimum absolute atomic E-state index is 0.0256. The molecule has 1 fully saturated rings. The first-order chi connectivity index (χ1) is 16.6. The molecular formula is C23H23N3O8S. The van der Waals surface area contributed by atoms with E-state index in [1.54, 1.807) is 30.3 Å². The number of nitro benzene ring substituents is 1. The largest absolute Gasteiger partial charge is 0.456 e. The third-order valence-electron chi connectivity index (χ3n) is 5.20. The Labute approximate surface area is 203 Å². The fourth-order valence-corrected chi connectivity index (χ4v) is 4.33. The lowest BCUT2D eigenvalue weighted by atomic mass is 10.0. The maximum Gasteiger partial charge on any atom is 0.355 e. The normalized spacial score (nSPS) is 17.7. The monoisotopic (exact) mass is 501 g/mol. The molecule has 3 rings (SSSR count). The van der Waals surface area contributed by atoms with Crippen molar-refractivity contribution in [2.75, 3.05) is 0 Å². The number of hydrogen-bond acceptors (Lipinski definition) is 7. The van der Waals surface area contributed by atoms with E-state index < -0.39 is 45.2 Å². The van der Waals surface area contributed by atoms with Gasteiger partial charge < -0.3 is 14.6 Å². The molecule has 1 unspecified atom stereocenters. The Balaban J connectivity index is 1.70. The van der Waals surface area contributed by atoms with E-state index in [1.165, 1.54) is 38.1 Å². The number of likely N-dealkylation sites (tertiary alicyclic amines) is 1. The maximum absolute atomic E-state index is 12.9. The maximum atomic E-state index is 12.9. The Kier molecular flexibility index (Phi) is 8.10. The predicted octanol–water partition coefficient (Wildman–Crippen LogP) is 2.05. The smallest absolute Gasteiger partial charge is 0.355 e. The number of ether oxygens (including phenoxy) is 1. The van der Waals surface area contributed by atoms with Gasteiger partial charge in [-0.3, -0.25) is 24.6 Å². The number of hydrogen-bond donors (Lipinski definition) is 2. The van der Waals surface area contributed by atoms with E-state index in [0.717, 1.165) is 4.90 Å². The lowest BCUT2D eigenvalue weighted by Gasteiger charge is -2.45. The number of allylic oxidation sites excluding steroid dienone is 1. The van der Waals surface area contributed by atoms with Crippen LogP contribution in [0.25, 0.3) is 0 Å². The zero-order valence-corrected chi connectivity index (χ0v) is 19.7. The average Bonchev–Trinajstić information content (AvgIpc) is 2.81. The molecule has 0 saturated carbocycles. The molecule has 1 saturated heterocycles. The first kappa shape index (κ1) is 25.7. The van der Waals surface area contributed by atoms with Gasteiger partial charge in [0.05, 0.1) is 11.3 Å². The van der Waals surface area contributed by atoms with Gasteiger partial charge in [0.15, 0.2) is 16.5 Å². The van der Waals surface area contributed by atoms with Crippen LogP contribution in [0.2, 0.25) is 0 Å². The molecule has 1 aliphatic heterocycles. The molecule has 0 bridgehead atoms. The second kappa shape index (κ2) is 11.0. The number of β-lactam (4-membered cyclic amide) rings is 1. The molecule has 2 aromatic rings. The summed E-state index contributed by atoms with van der Waals surface area (Å²) in [6.07, 6.45) is -0.0256. The highest BCUT2D eigenvalue weighted by atomic mass is 32.2. The summed E-state index contributed by atoms with van der Waals surface area (Å²) in [5, 5.41) is 11.9. The van der Waals surface area contributed by atoms with E-state index in [4.69, 9.17) is 4.74 Å². The molecule has 1 aliphatic rings. The predicted molar refractivity (Wildman–Crippen MR) is 125 cm³/mol. The summed E-state index contributed by atoms with van der Waals surface area (Å²) in [5.41, 5.74) is 1.20. The number of esters is 1. The minimum Gasteiger partial charge on any atom is -0.456 e. The number of carbonyl (C=O) groups excluding carboxylic acids is 3. The number of non-ortho nitro benzene ring substituents is 1. The molecule has 12 heteroatoms.